The van der Waals surface area contributed by atoms with Crippen LogP contribution >= 0.6 is 11.6 Å². The van der Waals surface area contributed by atoms with Crippen LogP contribution in [-0.4, -0.2) is 31.1 Å². The first kappa shape index (κ1) is 19.5. The van der Waals surface area contributed by atoms with Gasteiger partial charge in [0, 0.05) is 10.7 Å². The fourth-order valence-electron chi connectivity index (χ4n) is 1.97. The summed E-state index contributed by atoms with van der Waals surface area (Å²) in [4.78, 5) is 35.4. The Kier molecular flexibility index (Phi) is 7.17. The van der Waals surface area contributed by atoms with Gasteiger partial charge in [-0.05, 0) is 55.0 Å². The monoisotopic (exact) mass is 375 g/mol. The molecule has 1 amide bonds. The summed E-state index contributed by atoms with van der Waals surface area (Å²) in [6.07, 6.45) is 0.745. The standard InChI is InChI=1S/C19H18ClNO5/c1-2-11-25-18(23)14-5-9-16(10-6-14)21-17(22)12-26-19(24)13-3-7-15(20)8-4-13/h3-10H,2,11-12H2,1H3,(H,21,22). The van der Waals surface area contributed by atoms with E-state index in [9.17, 15) is 14.4 Å². The lowest BCUT2D eigenvalue weighted by Crippen LogP contribution is -2.21. The van der Waals surface area contributed by atoms with E-state index in [4.69, 9.17) is 21.1 Å². The molecule has 1 N–H and O–H groups in total. The van der Waals surface area contributed by atoms with E-state index in [1.165, 1.54) is 12.1 Å². The van der Waals surface area contributed by atoms with Gasteiger partial charge in [0.2, 0.25) is 0 Å². The fourth-order valence-corrected chi connectivity index (χ4v) is 2.09. The Morgan fingerprint density at radius 1 is 0.885 bits per heavy atom. The minimum Gasteiger partial charge on any atom is -0.462 e. The first-order valence-corrected chi connectivity index (χ1v) is 8.37. The van der Waals surface area contributed by atoms with E-state index in [1.807, 2.05) is 6.92 Å². The van der Waals surface area contributed by atoms with Crippen LogP contribution in [0.5, 0.6) is 0 Å². The molecule has 0 bridgehead atoms. The van der Waals surface area contributed by atoms with Crippen LogP contribution in [-0.2, 0) is 14.3 Å². The second kappa shape index (κ2) is 9.58. The van der Waals surface area contributed by atoms with Crippen molar-refractivity contribution in [2.24, 2.45) is 0 Å². The Morgan fingerprint density at radius 2 is 1.42 bits per heavy atom. The zero-order valence-electron chi connectivity index (χ0n) is 14.2. The fraction of sp³-hybridized carbons (Fsp3) is 0.211. The van der Waals surface area contributed by atoms with Crippen molar-refractivity contribution in [3.05, 3.63) is 64.7 Å². The van der Waals surface area contributed by atoms with Crippen molar-refractivity contribution < 1.29 is 23.9 Å². The van der Waals surface area contributed by atoms with Crippen LogP contribution in [0.2, 0.25) is 5.02 Å². The molecule has 0 radical (unpaired) electrons. The van der Waals surface area contributed by atoms with Gasteiger partial charge in [-0.25, -0.2) is 9.59 Å². The number of esters is 2. The molecule has 26 heavy (non-hydrogen) atoms. The van der Waals surface area contributed by atoms with Crippen LogP contribution in [0.4, 0.5) is 5.69 Å². The Labute approximate surface area is 156 Å². The molecule has 0 saturated carbocycles. The second-order valence-corrected chi connectivity index (χ2v) is 5.78. The maximum atomic E-state index is 11.9. The van der Waals surface area contributed by atoms with Gasteiger partial charge >= 0.3 is 11.9 Å². The highest BCUT2D eigenvalue weighted by atomic mass is 35.5. The number of nitrogens with one attached hydrogen (secondary N) is 1. The number of amides is 1. The van der Waals surface area contributed by atoms with Crippen molar-refractivity contribution in [3.8, 4) is 0 Å². The van der Waals surface area contributed by atoms with Crippen LogP contribution in [0.25, 0.3) is 0 Å². The van der Waals surface area contributed by atoms with Gasteiger partial charge < -0.3 is 14.8 Å². The molecule has 2 rings (SSSR count). The summed E-state index contributed by atoms with van der Waals surface area (Å²) in [6, 6.07) is 12.4. The first-order valence-electron chi connectivity index (χ1n) is 7.99. The van der Waals surface area contributed by atoms with Crippen LogP contribution in [0.3, 0.4) is 0 Å². The Balaban J connectivity index is 1.82. The molecule has 0 aromatic heterocycles. The molecular formula is C19H18ClNO5. The van der Waals surface area contributed by atoms with Gasteiger partial charge in [-0.2, -0.15) is 0 Å². The SMILES string of the molecule is CCCOC(=O)c1ccc(NC(=O)COC(=O)c2ccc(Cl)cc2)cc1. The Hall–Kier alpha value is -2.86. The normalized spacial score (nSPS) is 10.1. The smallest absolute Gasteiger partial charge is 0.338 e. The molecule has 0 saturated heterocycles. The summed E-state index contributed by atoms with van der Waals surface area (Å²) in [5.41, 5.74) is 1.17. The molecule has 2 aromatic carbocycles. The lowest BCUT2D eigenvalue weighted by atomic mass is 10.2. The van der Waals surface area contributed by atoms with E-state index in [-0.39, 0.29) is 0 Å². The number of ether oxygens (including phenoxy) is 2. The van der Waals surface area contributed by atoms with E-state index >= 15 is 0 Å². The van der Waals surface area contributed by atoms with Gasteiger partial charge in [0.05, 0.1) is 17.7 Å². The molecule has 0 aliphatic carbocycles. The van der Waals surface area contributed by atoms with Gasteiger partial charge in [-0.3, -0.25) is 4.79 Å². The van der Waals surface area contributed by atoms with E-state index in [0.29, 0.717) is 28.4 Å². The molecule has 0 heterocycles. The van der Waals surface area contributed by atoms with Crippen molar-refractivity contribution in [2.45, 2.75) is 13.3 Å². The first-order chi connectivity index (χ1) is 12.5. The summed E-state index contributed by atoms with van der Waals surface area (Å²) in [6.45, 7) is 1.84. The van der Waals surface area contributed by atoms with Crippen molar-refractivity contribution in [2.75, 3.05) is 18.5 Å². The number of hydrogen-bond acceptors (Lipinski definition) is 5. The third kappa shape index (κ3) is 5.89. The van der Waals surface area contributed by atoms with Crippen molar-refractivity contribution in [1.29, 1.82) is 0 Å². The molecule has 0 atom stereocenters. The number of carbonyl (C=O) groups excluding carboxylic acids is 3. The Bertz CT molecular complexity index is 772. The highest BCUT2D eigenvalue weighted by molar-refractivity contribution is 6.30. The van der Waals surface area contributed by atoms with E-state index in [2.05, 4.69) is 5.32 Å². The molecule has 2 aromatic rings. The van der Waals surface area contributed by atoms with Gasteiger partial charge in [-0.15, -0.1) is 0 Å². The average molecular weight is 376 g/mol. The largest absolute Gasteiger partial charge is 0.462 e. The van der Waals surface area contributed by atoms with E-state index in [0.717, 1.165) is 6.42 Å². The number of benzene rings is 2. The second-order valence-electron chi connectivity index (χ2n) is 5.34. The zero-order valence-corrected chi connectivity index (χ0v) is 14.9. The summed E-state index contributed by atoms with van der Waals surface area (Å²) in [5.74, 6) is -1.53. The van der Waals surface area contributed by atoms with Crippen LogP contribution in [0.1, 0.15) is 34.1 Å². The number of anilines is 1. The highest BCUT2D eigenvalue weighted by Gasteiger charge is 2.11. The summed E-state index contributed by atoms with van der Waals surface area (Å²) < 4.78 is 9.96. The maximum absolute atomic E-state index is 11.9. The van der Waals surface area contributed by atoms with Crippen molar-refractivity contribution >= 4 is 35.1 Å². The number of halogens is 1. The van der Waals surface area contributed by atoms with Crippen LogP contribution < -0.4 is 5.32 Å². The van der Waals surface area contributed by atoms with Gasteiger partial charge in [0.1, 0.15) is 0 Å². The Morgan fingerprint density at radius 3 is 2.00 bits per heavy atom. The number of hydrogen-bond donors (Lipinski definition) is 1. The zero-order chi connectivity index (χ0) is 18.9. The predicted molar refractivity (Wildman–Crippen MR) is 97.4 cm³/mol. The number of rotatable bonds is 7. The van der Waals surface area contributed by atoms with Crippen LogP contribution in [0.15, 0.2) is 48.5 Å². The molecule has 0 spiro atoms. The maximum Gasteiger partial charge on any atom is 0.338 e. The van der Waals surface area contributed by atoms with Gasteiger partial charge in [0.25, 0.3) is 5.91 Å². The minimum absolute atomic E-state index is 0.303. The molecule has 0 aliphatic heterocycles. The minimum atomic E-state index is -0.620. The van der Waals surface area contributed by atoms with Crippen molar-refractivity contribution in [1.82, 2.24) is 0 Å². The summed E-state index contributed by atoms with van der Waals surface area (Å²) in [5, 5.41) is 3.08. The molecule has 0 aliphatic rings. The van der Waals surface area contributed by atoms with Gasteiger partial charge in [0.15, 0.2) is 6.61 Å². The van der Waals surface area contributed by atoms with Crippen molar-refractivity contribution in [3.63, 3.8) is 0 Å². The van der Waals surface area contributed by atoms with Gasteiger partial charge in [-0.1, -0.05) is 18.5 Å². The average Bonchev–Trinajstić information content (AvgIpc) is 2.65. The lowest BCUT2D eigenvalue weighted by Gasteiger charge is -2.08. The van der Waals surface area contributed by atoms with E-state index < -0.39 is 24.5 Å². The lowest BCUT2D eigenvalue weighted by molar-refractivity contribution is -0.119. The predicted octanol–water partition coefficient (Wildman–Crippen LogP) is 3.70. The molecule has 0 unspecified atom stereocenters. The molecule has 6 nitrogen and oxygen atoms in total. The summed E-state index contributed by atoms with van der Waals surface area (Å²) in [7, 11) is 0. The highest BCUT2D eigenvalue weighted by Crippen LogP contribution is 2.12. The van der Waals surface area contributed by atoms with E-state index in [1.54, 1.807) is 36.4 Å². The molecular weight excluding hydrogens is 358 g/mol. The molecule has 7 heteroatoms. The summed E-state index contributed by atoms with van der Waals surface area (Å²) >= 11 is 5.74. The third-order valence-corrected chi connectivity index (χ3v) is 3.51. The third-order valence-electron chi connectivity index (χ3n) is 3.26. The topological polar surface area (TPSA) is 81.7 Å². The molecule has 0 fully saturated rings. The molecule has 136 valence electrons. The quantitative estimate of drug-likeness (QED) is 0.746. The number of carbonyl (C=O) groups is 3. The van der Waals surface area contributed by atoms with Crippen LogP contribution in [0, 0.1) is 0 Å².